The molecule has 2 rings (SSSR count). The summed E-state index contributed by atoms with van der Waals surface area (Å²) in [5, 5.41) is 3.15. The van der Waals surface area contributed by atoms with Crippen LogP contribution in [0.2, 0.25) is 5.02 Å². The van der Waals surface area contributed by atoms with Crippen molar-refractivity contribution in [3.8, 4) is 0 Å². The molecule has 7 heteroatoms. The first-order valence-corrected chi connectivity index (χ1v) is 8.90. The Kier molecular flexibility index (Phi) is 6.06. The third kappa shape index (κ3) is 4.50. The second-order valence-electron chi connectivity index (χ2n) is 7.42. The van der Waals surface area contributed by atoms with Gasteiger partial charge in [-0.25, -0.2) is 14.1 Å². The summed E-state index contributed by atoms with van der Waals surface area (Å²) in [6.07, 6.45) is 1.45. The van der Waals surface area contributed by atoms with Gasteiger partial charge in [0.25, 0.3) is 5.91 Å². The highest BCUT2D eigenvalue weighted by molar-refractivity contribution is 6.31. The quantitative estimate of drug-likeness (QED) is 0.723. The largest absolute Gasteiger partial charge is 0.329 e. The van der Waals surface area contributed by atoms with Crippen LogP contribution >= 0.6 is 11.6 Å². The number of carbonyl (C=O) groups excluding carboxylic acids is 2. The first-order valence-electron chi connectivity index (χ1n) is 8.52. The number of nitrogens with zero attached hydrogens (tertiary/aromatic N) is 1. The summed E-state index contributed by atoms with van der Waals surface area (Å²) in [6.45, 7) is 6.37. The Morgan fingerprint density at radius 2 is 2.04 bits per heavy atom. The fraction of sp³-hybridized carbons (Fsp3) is 0.556. The number of hydrogen-bond donors (Lipinski definition) is 2. The van der Waals surface area contributed by atoms with Crippen molar-refractivity contribution in [2.24, 2.45) is 5.92 Å². The molecule has 1 aromatic rings. The third-order valence-corrected chi connectivity index (χ3v) is 4.89. The van der Waals surface area contributed by atoms with Gasteiger partial charge in [0.15, 0.2) is 6.67 Å². The lowest BCUT2D eigenvalue weighted by Gasteiger charge is -2.23. The zero-order valence-electron chi connectivity index (χ0n) is 15.2. The maximum absolute atomic E-state index is 13.9. The van der Waals surface area contributed by atoms with Gasteiger partial charge in [0, 0.05) is 0 Å². The molecule has 0 aromatic heterocycles. The number of benzene rings is 1. The fourth-order valence-electron chi connectivity index (χ4n) is 2.97. The lowest BCUT2D eigenvalue weighted by atomic mass is 9.92. The van der Waals surface area contributed by atoms with Gasteiger partial charge < -0.3 is 10.2 Å². The molecule has 1 saturated heterocycles. The minimum absolute atomic E-state index is 0.159. The molecule has 3 amide bonds. The van der Waals surface area contributed by atoms with Crippen LogP contribution in [0.5, 0.6) is 0 Å². The normalized spacial score (nSPS) is 21.8. The molecule has 0 spiro atoms. The first kappa shape index (κ1) is 19.7. The van der Waals surface area contributed by atoms with E-state index in [0.717, 1.165) is 11.3 Å². The Balaban J connectivity index is 2.04. The minimum atomic E-state index is -0.864. The van der Waals surface area contributed by atoms with E-state index in [9.17, 15) is 14.0 Å². The van der Waals surface area contributed by atoms with Gasteiger partial charge in [-0.1, -0.05) is 31.5 Å². The first-order chi connectivity index (χ1) is 11.6. The Labute approximate surface area is 153 Å². The number of halogens is 2. The van der Waals surface area contributed by atoms with Crippen LogP contribution in [0.15, 0.2) is 18.2 Å². The Morgan fingerprint density at radius 3 is 2.64 bits per heavy atom. The van der Waals surface area contributed by atoms with Gasteiger partial charge in [0.05, 0.1) is 17.6 Å². The second-order valence-corrected chi connectivity index (χ2v) is 7.83. The summed E-state index contributed by atoms with van der Waals surface area (Å²) >= 11 is 6.05. The number of hydrogen-bond acceptors (Lipinski definition) is 2. The summed E-state index contributed by atoms with van der Waals surface area (Å²) < 4.78 is 13.9. The standard InChI is InChI=1S/C18H25ClFN3O2/c1-12(2)8-9-18(3)16(24)23(17(25)21-18)11-22(4)10-13-14(19)6-5-7-15(13)20/h5-7,12H,8-11H2,1-4H3,(H,21,25)/p+1/t18-/m1/s1. The molecule has 2 atom stereocenters. The average molecular weight is 371 g/mol. The number of quaternary nitrogens is 1. The molecule has 1 fully saturated rings. The van der Waals surface area contributed by atoms with E-state index in [0.29, 0.717) is 22.9 Å². The van der Waals surface area contributed by atoms with E-state index in [1.165, 1.54) is 11.0 Å². The van der Waals surface area contributed by atoms with Gasteiger partial charge in [0.2, 0.25) is 0 Å². The summed E-state index contributed by atoms with van der Waals surface area (Å²) in [5.41, 5.74) is -0.478. The molecular formula is C18H26ClFN3O2+. The van der Waals surface area contributed by atoms with Gasteiger partial charge in [-0.05, 0) is 37.8 Å². The molecule has 0 bridgehead atoms. The lowest BCUT2D eigenvalue weighted by Crippen LogP contribution is -3.09. The molecule has 1 aliphatic rings. The molecule has 0 radical (unpaired) electrons. The number of rotatable bonds is 7. The minimum Gasteiger partial charge on any atom is -0.323 e. The van der Waals surface area contributed by atoms with E-state index in [1.54, 1.807) is 26.1 Å². The maximum Gasteiger partial charge on any atom is 0.329 e. The average Bonchev–Trinajstić information content (AvgIpc) is 2.73. The van der Waals surface area contributed by atoms with Gasteiger partial charge >= 0.3 is 6.03 Å². The van der Waals surface area contributed by atoms with Crippen molar-refractivity contribution in [2.75, 3.05) is 13.7 Å². The Bertz CT molecular complexity index is 647. The van der Waals surface area contributed by atoms with Gasteiger partial charge in [0.1, 0.15) is 17.9 Å². The molecule has 0 saturated carbocycles. The van der Waals surface area contributed by atoms with Crippen LogP contribution in [0.3, 0.4) is 0 Å². The molecule has 0 aliphatic carbocycles. The van der Waals surface area contributed by atoms with Crippen LogP contribution in [0.25, 0.3) is 0 Å². The van der Waals surface area contributed by atoms with E-state index in [1.807, 2.05) is 0 Å². The number of carbonyl (C=O) groups is 2. The van der Waals surface area contributed by atoms with Crippen molar-refractivity contribution < 1.29 is 18.9 Å². The molecule has 138 valence electrons. The van der Waals surface area contributed by atoms with E-state index in [2.05, 4.69) is 19.2 Å². The highest BCUT2D eigenvalue weighted by Crippen LogP contribution is 2.24. The number of imide groups is 1. The highest BCUT2D eigenvalue weighted by atomic mass is 35.5. The van der Waals surface area contributed by atoms with Crippen molar-refractivity contribution in [3.63, 3.8) is 0 Å². The van der Waals surface area contributed by atoms with Crippen molar-refractivity contribution in [1.82, 2.24) is 10.2 Å². The summed E-state index contributed by atoms with van der Waals surface area (Å²) in [7, 11) is 1.80. The molecule has 1 aliphatic heterocycles. The molecule has 1 heterocycles. The Morgan fingerprint density at radius 1 is 1.36 bits per heavy atom. The monoisotopic (exact) mass is 370 g/mol. The zero-order valence-corrected chi connectivity index (χ0v) is 15.9. The van der Waals surface area contributed by atoms with Crippen LogP contribution in [-0.4, -0.2) is 36.1 Å². The lowest BCUT2D eigenvalue weighted by molar-refractivity contribution is -0.901. The molecule has 1 aromatic carbocycles. The van der Waals surface area contributed by atoms with Crippen LogP contribution in [-0.2, 0) is 11.3 Å². The fourth-order valence-corrected chi connectivity index (χ4v) is 3.20. The van der Waals surface area contributed by atoms with Crippen LogP contribution in [0.1, 0.15) is 39.2 Å². The molecule has 2 N–H and O–H groups in total. The highest BCUT2D eigenvalue weighted by Gasteiger charge is 2.48. The van der Waals surface area contributed by atoms with E-state index in [4.69, 9.17) is 11.6 Å². The smallest absolute Gasteiger partial charge is 0.323 e. The molecule has 5 nitrogen and oxygen atoms in total. The Hall–Kier alpha value is -1.66. The maximum atomic E-state index is 13.9. The summed E-state index contributed by atoms with van der Waals surface area (Å²) in [4.78, 5) is 27.0. The van der Waals surface area contributed by atoms with Crippen molar-refractivity contribution in [2.45, 2.75) is 45.7 Å². The summed E-state index contributed by atoms with van der Waals surface area (Å²) in [5.74, 6) is -0.157. The van der Waals surface area contributed by atoms with E-state index >= 15 is 0 Å². The van der Waals surface area contributed by atoms with Gasteiger partial charge in [-0.3, -0.25) is 4.79 Å². The van der Waals surface area contributed by atoms with Crippen molar-refractivity contribution >= 4 is 23.5 Å². The molecule has 25 heavy (non-hydrogen) atoms. The van der Waals surface area contributed by atoms with Crippen LogP contribution in [0.4, 0.5) is 9.18 Å². The second kappa shape index (κ2) is 7.70. The predicted molar refractivity (Wildman–Crippen MR) is 94.7 cm³/mol. The zero-order chi connectivity index (χ0) is 18.8. The van der Waals surface area contributed by atoms with E-state index < -0.39 is 11.6 Å². The number of nitrogens with one attached hydrogen (secondary N) is 2. The van der Waals surface area contributed by atoms with Gasteiger partial charge in [-0.15, -0.1) is 0 Å². The van der Waals surface area contributed by atoms with Crippen LogP contribution in [0, 0.1) is 11.7 Å². The topological polar surface area (TPSA) is 53.9 Å². The SMILES string of the molecule is CC(C)CC[C@@]1(C)NC(=O)N(C[NH+](C)Cc2c(F)cccc2Cl)C1=O. The molecular weight excluding hydrogens is 345 g/mol. The van der Waals surface area contributed by atoms with Crippen LogP contribution < -0.4 is 10.2 Å². The molecule has 1 unspecified atom stereocenters. The number of amides is 3. The van der Waals surface area contributed by atoms with E-state index in [-0.39, 0.29) is 24.9 Å². The van der Waals surface area contributed by atoms with Gasteiger partial charge in [-0.2, -0.15) is 0 Å². The number of urea groups is 1. The van der Waals surface area contributed by atoms with Crippen molar-refractivity contribution in [1.29, 1.82) is 0 Å². The predicted octanol–water partition coefficient (Wildman–Crippen LogP) is 2.20. The summed E-state index contributed by atoms with van der Waals surface area (Å²) in [6, 6.07) is 4.14. The van der Waals surface area contributed by atoms with Crippen molar-refractivity contribution in [3.05, 3.63) is 34.6 Å². The third-order valence-electron chi connectivity index (χ3n) is 4.54.